The minimum Gasteiger partial charge on any atom is -0.338 e. The lowest BCUT2D eigenvalue weighted by Gasteiger charge is -2.34. The van der Waals surface area contributed by atoms with E-state index in [1.165, 1.54) is 18.2 Å². The van der Waals surface area contributed by atoms with E-state index in [2.05, 4.69) is 15.9 Å². The lowest BCUT2D eigenvalue weighted by Crippen LogP contribution is -2.52. The van der Waals surface area contributed by atoms with Crippen molar-refractivity contribution in [3.63, 3.8) is 0 Å². The predicted octanol–water partition coefficient (Wildman–Crippen LogP) is 1.42. The quantitative estimate of drug-likeness (QED) is 0.512. The van der Waals surface area contributed by atoms with Gasteiger partial charge < -0.3 is 9.80 Å². The highest BCUT2D eigenvalue weighted by molar-refractivity contribution is 9.10. The van der Waals surface area contributed by atoms with Crippen molar-refractivity contribution in [2.75, 3.05) is 32.7 Å². The molecule has 0 spiro atoms. The molecule has 2 fully saturated rings. The van der Waals surface area contributed by atoms with Gasteiger partial charge in [-0.1, -0.05) is 15.9 Å². The molecule has 0 unspecified atom stereocenters. The second-order valence-corrected chi connectivity index (χ2v) is 7.49. The Hall–Kier alpha value is -2.55. The number of amides is 4. The number of piperazine rings is 1. The van der Waals surface area contributed by atoms with E-state index in [0.717, 1.165) is 4.90 Å². The van der Waals surface area contributed by atoms with Gasteiger partial charge in [-0.2, -0.15) is 0 Å². The zero-order valence-corrected chi connectivity index (χ0v) is 16.7. The Bertz CT molecular complexity index is 834. The van der Waals surface area contributed by atoms with Gasteiger partial charge in [0.15, 0.2) is 0 Å². The highest BCUT2D eigenvalue weighted by atomic mass is 79.9. The van der Waals surface area contributed by atoms with Crippen LogP contribution in [0.4, 0.5) is 4.39 Å². The molecule has 0 atom stereocenters. The molecule has 1 aromatic rings. The molecular weight excluding hydrogens is 433 g/mol. The van der Waals surface area contributed by atoms with E-state index < -0.39 is 5.82 Å². The minimum absolute atomic E-state index is 0.152. The first-order valence-electron chi connectivity index (χ1n) is 8.88. The third-order valence-electron chi connectivity index (χ3n) is 4.76. The fourth-order valence-corrected chi connectivity index (χ4v) is 3.50. The second kappa shape index (κ2) is 8.64. The van der Waals surface area contributed by atoms with Crippen molar-refractivity contribution >= 4 is 45.6 Å². The van der Waals surface area contributed by atoms with Crippen LogP contribution in [0, 0.1) is 5.82 Å². The molecule has 9 heteroatoms. The molecule has 2 heterocycles. The number of imide groups is 1. The molecule has 7 nitrogen and oxygen atoms in total. The first kappa shape index (κ1) is 20.2. The highest BCUT2D eigenvalue weighted by Gasteiger charge is 2.32. The molecule has 0 radical (unpaired) electrons. The summed E-state index contributed by atoms with van der Waals surface area (Å²) in [5.74, 6) is -1.64. The Balaban J connectivity index is 1.52. The monoisotopic (exact) mass is 451 g/mol. The zero-order valence-electron chi connectivity index (χ0n) is 15.1. The van der Waals surface area contributed by atoms with E-state index in [-0.39, 0.29) is 43.0 Å². The zero-order chi connectivity index (χ0) is 20.3. The fraction of sp³-hybridized carbons (Fsp3) is 0.368. The summed E-state index contributed by atoms with van der Waals surface area (Å²) in [7, 11) is 0. The Morgan fingerprint density at radius 2 is 1.64 bits per heavy atom. The Morgan fingerprint density at radius 3 is 2.29 bits per heavy atom. The molecule has 28 heavy (non-hydrogen) atoms. The van der Waals surface area contributed by atoms with Crippen LogP contribution in [-0.2, 0) is 19.2 Å². The predicted molar refractivity (Wildman–Crippen MR) is 102 cm³/mol. The molecule has 0 aromatic heterocycles. The van der Waals surface area contributed by atoms with Crippen LogP contribution in [0.15, 0.2) is 28.7 Å². The van der Waals surface area contributed by atoms with E-state index in [0.29, 0.717) is 36.2 Å². The number of carbonyl (C=O) groups is 4. The van der Waals surface area contributed by atoms with Crippen LogP contribution in [-0.4, -0.2) is 71.1 Å². The lowest BCUT2D eigenvalue weighted by molar-refractivity contribution is -0.146. The lowest BCUT2D eigenvalue weighted by atomic mass is 10.2. The average molecular weight is 452 g/mol. The number of hydrogen-bond acceptors (Lipinski definition) is 4. The summed E-state index contributed by atoms with van der Waals surface area (Å²) < 4.78 is 14.4. The maximum atomic E-state index is 13.7. The molecular formula is C19H19BrFN3O4. The van der Waals surface area contributed by atoms with Crippen molar-refractivity contribution in [3.8, 4) is 0 Å². The summed E-state index contributed by atoms with van der Waals surface area (Å²) in [6, 6.07) is 4.47. The van der Waals surface area contributed by atoms with Gasteiger partial charge >= 0.3 is 0 Å². The van der Waals surface area contributed by atoms with Crippen molar-refractivity contribution < 1.29 is 23.6 Å². The van der Waals surface area contributed by atoms with Crippen LogP contribution in [0.2, 0.25) is 0 Å². The van der Waals surface area contributed by atoms with Gasteiger partial charge in [0.25, 0.3) is 0 Å². The number of rotatable bonds is 4. The molecule has 4 amide bonds. The molecule has 2 aliphatic heterocycles. The van der Waals surface area contributed by atoms with Crippen LogP contribution in [0.1, 0.15) is 18.4 Å². The largest absolute Gasteiger partial charge is 0.338 e. The van der Waals surface area contributed by atoms with Crippen molar-refractivity contribution in [1.82, 2.24) is 14.7 Å². The van der Waals surface area contributed by atoms with Crippen LogP contribution in [0.25, 0.3) is 6.08 Å². The smallest absolute Gasteiger partial charge is 0.246 e. The number of carbonyl (C=O) groups excluding carboxylic acids is 4. The normalized spacial score (nSPS) is 17.7. The summed E-state index contributed by atoms with van der Waals surface area (Å²) >= 11 is 3.26. The summed E-state index contributed by atoms with van der Waals surface area (Å²) in [6.07, 6.45) is 3.03. The van der Waals surface area contributed by atoms with Gasteiger partial charge in [0, 0.05) is 55.1 Å². The molecule has 1 aromatic carbocycles. The second-order valence-electron chi connectivity index (χ2n) is 6.58. The number of nitrogens with zero attached hydrogens (tertiary/aromatic N) is 3. The van der Waals surface area contributed by atoms with Crippen molar-refractivity contribution in [1.29, 1.82) is 0 Å². The SMILES string of the molecule is O=C(/C=C/c1cc(Br)ccc1F)N1CCN(C(=O)CN2C(=O)CCC2=O)CC1. The Labute approximate surface area is 169 Å². The topological polar surface area (TPSA) is 78.0 Å². The first-order valence-corrected chi connectivity index (χ1v) is 9.67. The summed E-state index contributed by atoms with van der Waals surface area (Å²) in [5.41, 5.74) is 0.302. The maximum Gasteiger partial charge on any atom is 0.246 e. The van der Waals surface area contributed by atoms with Crippen LogP contribution in [0.3, 0.4) is 0 Å². The van der Waals surface area contributed by atoms with Crippen LogP contribution >= 0.6 is 15.9 Å². The van der Waals surface area contributed by atoms with Crippen LogP contribution in [0.5, 0.6) is 0 Å². The molecule has 0 N–H and O–H groups in total. The van der Waals surface area contributed by atoms with Crippen LogP contribution < -0.4 is 0 Å². The summed E-state index contributed by atoms with van der Waals surface area (Å²) in [4.78, 5) is 52.0. The van der Waals surface area contributed by atoms with Gasteiger partial charge in [-0.25, -0.2) is 4.39 Å². The molecule has 2 aliphatic rings. The third kappa shape index (κ3) is 4.64. The maximum absolute atomic E-state index is 13.7. The summed E-state index contributed by atoms with van der Waals surface area (Å²) in [5, 5.41) is 0. The summed E-state index contributed by atoms with van der Waals surface area (Å²) in [6.45, 7) is 1.06. The fourth-order valence-electron chi connectivity index (χ4n) is 3.12. The molecule has 0 saturated carbocycles. The highest BCUT2D eigenvalue weighted by Crippen LogP contribution is 2.17. The van der Waals surface area contributed by atoms with E-state index in [1.807, 2.05) is 0 Å². The Morgan fingerprint density at radius 1 is 1.04 bits per heavy atom. The standard InChI is InChI=1S/C19H19BrFN3O4/c20-14-2-3-15(21)13(11-14)1-4-16(25)22-7-9-23(10-8-22)19(28)12-24-17(26)5-6-18(24)27/h1-4,11H,5-10,12H2/b4-1+. The number of likely N-dealkylation sites (tertiary alicyclic amines) is 1. The van der Waals surface area contributed by atoms with Gasteiger partial charge in [-0.15, -0.1) is 0 Å². The van der Waals surface area contributed by atoms with E-state index in [4.69, 9.17) is 0 Å². The molecule has 148 valence electrons. The molecule has 2 saturated heterocycles. The van der Waals surface area contributed by atoms with Gasteiger partial charge in [0.05, 0.1) is 0 Å². The first-order chi connectivity index (χ1) is 13.3. The van der Waals surface area contributed by atoms with Gasteiger partial charge in [-0.05, 0) is 24.3 Å². The molecule has 3 rings (SSSR count). The molecule has 0 bridgehead atoms. The van der Waals surface area contributed by atoms with E-state index in [1.54, 1.807) is 21.9 Å². The van der Waals surface area contributed by atoms with Crippen molar-refractivity contribution in [2.45, 2.75) is 12.8 Å². The number of benzene rings is 1. The minimum atomic E-state index is -0.423. The van der Waals surface area contributed by atoms with E-state index >= 15 is 0 Å². The van der Waals surface area contributed by atoms with E-state index in [9.17, 15) is 23.6 Å². The third-order valence-corrected chi connectivity index (χ3v) is 5.25. The number of hydrogen-bond donors (Lipinski definition) is 0. The van der Waals surface area contributed by atoms with Gasteiger partial charge in [0.1, 0.15) is 12.4 Å². The van der Waals surface area contributed by atoms with Crippen molar-refractivity contribution in [2.24, 2.45) is 0 Å². The average Bonchev–Trinajstić information content (AvgIpc) is 3.00. The van der Waals surface area contributed by atoms with Gasteiger partial charge in [0.2, 0.25) is 23.6 Å². The number of halogens is 2. The Kier molecular flexibility index (Phi) is 6.23. The molecule has 0 aliphatic carbocycles. The van der Waals surface area contributed by atoms with Gasteiger partial charge in [-0.3, -0.25) is 24.1 Å². The van der Waals surface area contributed by atoms with Crippen molar-refractivity contribution in [3.05, 3.63) is 40.1 Å².